The maximum absolute atomic E-state index is 11.7. The van der Waals surface area contributed by atoms with Crippen LogP contribution >= 0.6 is 11.3 Å². The van der Waals surface area contributed by atoms with Crippen molar-refractivity contribution in [3.63, 3.8) is 0 Å². The molecule has 1 rings (SSSR count). The Labute approximate surface area is 110 Å². The summed E-state index contributed by atoms with van der Waals surface area (Å²) in [6.45, 7) is 0.617. The molecule has 0 saturated heterocycles. The monoisotopic (exact) mass is 265 g/mol. The number of nitrogens with one attached hydrogen (secondary N) is 2. The summed E-state index contributed by atoms with van der Waals surface area (Å²) in [4.78, 5) is 24.0. The first kappa shape index (κ1) is 14.2. The Kier molecular flexibility index (Phi) is 5.91. The number of carbonyl (C=O) groups excluding carboxylic acids is 2. The Hall–Kier alpha value is -1.84. The van der Waals surface area contributed by atoms with E-state index in [1.165, 1.54) is 11.3 Å². The molecule has 0 unspecified atom stereocenters. The number of hydrogen-bond acceptors (Lipinski definition) is 4. The maximum atomic E-state index is 11.7. The predicted octanol–water partition coefficient (Wildman–Crippen LogP) is -0.0758. The van der Waals surface area contributed by atoms with Gasteiger partial charge in [-0.15, -0.1) is 11.3 Å². The van der Waals surface area contributed by atoms with Gasteiger partial charge in [0.2, 0.25) is 5.91 Å². The first-order valence-corrected chi connectivity index (χ1v) is 6.26. The summed E-state index contributed by atoms with van der Waals surface area (Å²) in [6, 6.07) is 3.49. The standard InChI is InChI=1S/C12H15N3O2S/c1-14-11(16)6-8-15-12(17)10-5-4-9(18-10)3-2-7-13/h4-5H,6-8,13H2,1H3,(H,14,16)(H,15,17). The van der Waals surface area contributed by atoms with Crippen LogP contribution in [0.3, 0.4) is 0 Å². The van der Waals surface area contributed by atoms with Gasteiger partial charge in [0.15, 0.2) is 0 Å². The molecule has 0 bridgehead atoms. The fraction of sp³-hybridized carbons (Fsp3) is 0.333. The van der Waals surface area contributed by atoms with Crippen molar-refractivity contribution in [2.45, 2.75) is 6.42 Å². The topological polar surface area (TPSA) is 84.2 Å². The van der Waals surface area contributed by atoms with E-state index in [-0.39, 0.29) is 18.2 Å². The highest BCUT2D eigenvalue weighted by Gasteiger charge is 2.08. The third-order valence-corrected chi connectivity index (χ3v) is 3.06. The second-order valence-corrected chi connectivity index (χ2v) is 4.43. The van der Waals surface area contributed by atoms with Gasteiger partial charge in [0.1, 0.15) is 0 Å². The van der Waals surface area contributed by atoms with Crippen molar-refractivity contribution in [2.24, 2.45) is 5.73 Å². The lowest BCUT2D eigenvalue weighted by atomic mass is 10.3. The minimum Gasteiger partial charge on any atom is -0.359 e. The molecule has 96 valence electrons. The molecule has 0 aliphatic rings. The van der Waals surface area contributed by atoms with E-state index in [0.29, 0.717) is 18.0 Å². The highest BCUT2D eigenvalue weighted by atomic mass is 32.1. The summed E-state index contributed by atoms with van der Waals surface area (Å²) >= 11 is 1.30. The molecule has 6 heteroatoms. The van der Waals surface area contributed by atoms with Gasteiger partial charge in [0.05, 0.1) is 16.3 Å². The van der Waals surface area contributed by atoms with Crippen molar-refractivity contribution < 1.29 is 9.59 Å². The molecule has 0 atom stereocenters. The van der Waals surface area contributed by atoms with Crippen molar-refractivity contribution in [3.05, 3.63) is 21.9 Å². The number of carbonyl (C=O) groups is 2. The lowest BCUT2D eigenvalue weighted by Crippen LogP contribution is -2.28. The molecule has 1 aromatic rings. The Morgan fingerprint density at radius 2 is 2.22 bits per heavy atom. The molecule has 0 fully saturated rings. The third-order valence-electron chi connectivity index (χ3n) is 2.06. The van der Waals surface area contributed by atoms with Gasteiger partial charge < -0.3 is 16.4 Å². The molecule has 0 aromatic carbocycles. The van der Waals surface area contributed by atoms with Crippen molar-refractivity contribution in [2.75, 3.05) is 20.1 Å². The predicted molar refractivity (Wildman–Crippen MR) is 71.3 cm³/mol. The smallest absolute Gasteiger partial charge is 0.261 e. The Bertz CT molecular complexity index is 485. The van der Waals surface area contributed by atoms with Crippen molar-refractivity contribution in [1.29, 1.82) is 0 Å². The average molecular weight is 265 g/mol. The van der Waals surface area contributed by atoms with Gasteiger partial charge in [-0.25, -0.2) is 0 Å². The van der Waals surface area contributed by atoms with Gasteiger partial charge in [-0.1, -0.05) is 11.8 Å². The lowest BCUT2D eigenvalue weighted by Gasteiger charge is -2.02. The Morgan fingerprint density at radius 1 is 1.44 bits per heavy atom. The van der Waals surface area contributed by atoms with Crippen molar-refractivity contribution >= 4 is 23.2 Å². The van der Waals surface area contributed by atoms with E-state index in [9.17, 15) is 9.59 Å². The third kappa shape index (κ3) is 4.57. The van der Waals surface area contributed by atoms with Gasteiger partial charge in [-0.2, -0.15) is 0 Å². The zero-order valence-corrected chi connectivity index (χ0v) is 10.9. The second kappa shape index (κ2) is 7.48. The SMILES string of the molecule is CNC(=O)CCNC(=O)c1ccc(C#CCN)s1. The molecule has 1 aromatic heterocycles. The zero-order valence-electron chi connectivity index (χ0n) is 10.1. The van der Waals surface area contributed by atoms with Crippen LogP contribution in [-0.4, -0.2) is 32.0 Å². The number of nitrogens with two attached hydrogens (primary N) is 1. The van der Waals surface area contributed by atoms with Crippen molar-refractivity contribution in [3.8, 4) is 11.8 Å². The molecule has 0 radical (unpaired) electrons. The summed E-state index contributed by atoms with van der Waals surface area (Å²) in [5, 5.41) is 5.16. The lowest BCUT2D eigenvalue weighted by molar-refractivity contribution is -0.120. The first-order chi connectivity index (χ1) is 8.67. The summed E-state index contributed by atoms with van der Waals surface area (Å²) in [6.07, 6.45) is 0.271. The number of amides is 2. The van der Waals surface area contributed by atoms with Crippen LogP contribution in [0.15, 0.2) is 12.1 Å². The van der Waals surface area contributed by atoms with E-state index in [1.807, 2.05) is 0 Å². The van der Waals surface area contributed by atoms with Crippen molar-refractivity contribution in [1.82, 2.24) is 10.6 Å². The van der Waals surface area contributed by atoms with Crippen LogP contribution in [-0.2, 0) is 4.79 Å². The van der Waals surface area contributed by atoms with Crippen LogP contribution in [0.1, 0.15) is 21.0 Å². The summed E-state index contributed by atoms with van der Waals surface area (Å²) in [5.74, 6) is 5.30. The molecule has 0 aliphatic heterocycles. The van der Waals surface area contributed by atoms with E-state index < -0.39 is 0 Å². The Balaban J connectivity index is 2.47. The molecule has 5 nitrogen and oxygen atoms in total. The minimum atomic E-state index is -0.190. The normalized spacial score (nSPS) is 9.22. The molecule has 0 spiro atoms. The molecule has 0 aliphatic carbocycles. The van der Waals surface area contributed by atoms with E-state index in [1.54, 1.807) is 19.2 Å². The van der Waals surface area contributed by atoms with Gasteiger partial charge in [0.25, 0.3) is 5.91 Å². The van der Waals surface area contributed by atoms with Crippen LogP contribution in [0.5, 0.6) is 0 Å². The molecular weight excluding hydrogens is 250 g/mol. The summed E-state index contributed by atoms with van der Waals surface area (Å²) in [5.41, 5.74) is 5.26. The molecule has 18 heavy (non-hydrogen) atoms. The van der Waals surface area contributed by atoms with E-state index >= 15 is 0 Å². The van der Waals surface area contributed by atoms with Gasteiger partial charge >= 0.3 is 0 Å². The van der Waals surface area contributed by atoms with Gasteiger partial charge in [0, 0.05) is 20.0 Å². The molecule has 4 N–H and O–H groups in total. The van der Waals surface area contributed by atoms with E-state index in [2.05, 4.69) is 22.5 Å². The first-order valence-electron chi connectivity index (χ1n) is 5.45. The largest absolute Gasteiger partial charge is 0.359 e. The van der Waals surface area contributed by atoms with E-state index in [0.717, 1.165) is 4.88 Å². The highest BCUT2D eigenvalue weighted by molar-refractivity contribution is 7.14. The van der Waals surface area contributed by atoms with Gasteiger partial charge in [-0.3, -0.25) is 9.59 Å². The Morgan fingerprint density at radius 3 is 2.89 bits per heavy atom. The van der Waals surface area contributed by atoms with Crippen LogP contribution in [0.2, 0.25) is 0 Å². The molecule has 2 amide bonds. The highest BCUT2D eigenvalue weighted by Crippen LogP contribution is 2.14. The average Bonchev–Trinajstić information content (AvgIpc) is 2.84. The molecular formula is C12H15N3O2S. The number of rotatable bonds is 4. The molecule has 1 heterocycles. The van der Waals surface area contributed by atoms with Crippen LogP contribution in [0, 0.1) is 11.8 Å². The van der Waals surface area contributed by atoms with Gasteiger partial charge in [-0.05, 0) is 12.1 Å². The minimum absolute atomic E-state index is 0.101. The molecule has 0 saturated carbocycles. The summed E-state index contributed by atoms with van der Waals surface area (Å²) < 4.78 is 0. The number of thiophene rings is 1. The van der Waals surface area contributed by atoms with Crippen LogP contribution in [0.25, 0.3) is 0 Å². The van der Waals surface area contributed by atoms with E-state index in [4.69, 9.17) is 5.73 Å². The zero-order chi connectivity index (χ0) is 13.4. The fourth-order valence-electron chi connectivity index (χ4n) is 1.17. The van der Waals surface area contributed by atoms with Crippen LogP contribution in [0.4, 0.5) is 0 Å². The van der Waals surface area contributed by atoms with Crippen LogP contribution < -0.4 is 16.4 Å². The second-order valence-electron chi connectivity index (χ2n) is 3.35. The summed E-state index contributed by atoms with van der Waals surface area (Å²) in [7, 11) is 1.56. The fourth-order valence-corrected chi connectivity index (χ4v) is 1.96. The number of hydrogen-bond donors (Lipinski definition) is 3. The maximum Gasteiger partial charge on any atom is 0.261 e. The quantitative estimate of drug-likeness (QED) is 0.666.